The lowest BCUT2D eigenvalue weighted by Gasteiger charge is -2.32. The SMILES string of the molecule is Cc1cccc(C2CCN(C(=O)c3n[nH]c4c3CNCC4)CC2)c1. The monoisotopic (exact) mass is 324 g/mol. The standard InChI is InChI=1S/C19H24N4O/c1-13-3-2-4-15(11-13)14-6-9-23(10-7-14)19(24)18-16-12-20-8-5-17(16)21-22-18/h2-4,11,14,20H,5-10,12H2,1H3,(H,21,22). The number of carbonyl (C=O) groups is 1. The van der Waals surface area contributed by atoms with Gasteiger partial charge in [-0.15, -0.1) is 0 Å². The lowest BCUT2D eigenvalue weighted by Crippen LogP contribution is -2.39. The number of piperidine rings is 1. The van der Waals surface area contributed by atoms with Gasteiger partial charge in [0, 0.05) is 43.9 Å². The van der Waals surface area contributed by atoms with Crippen molar-refractivity contribution in [2.45, 2.75) is 38.6 Å². The molecule has 0 saturated carbocycles. The molecular formula is C19H24N4O. The Hall–Kier alpha value is -2.14. The van der Waals surface area contributed by atoms with Crippen LogP contribution in [0.1, 0.15) is 51.6 Å². The second-order valence-electron chi connectivity index (χ2n) is 6.94. The van der Waals surface area contributed by atoms with E-state index in [9.17, 15) is 4.79 Å². The molecule has 0 radical (unpaired) electrons. The Labute approximate surface area is 142 Å². The van der Waals surface area contributed by atoms with E-state index in [1.165, 1.54) is 11.1 Å². The van der Waals surface area contributed by atoms with Gasteiger partial charge in [0.05, 0.1) is 0 Å². The first kappa shape index (κ1) is 15.4. The highest BCUT2D eigenvalue weighted by Crippen LogP contribution is 2.29. The van der Waals surface area contributed by atoms with Gasteiger partial charge in [0.2, 0.25) is 0 Å². The lowest BCUT2D eigenvalue weighted by molar-refractivity contribution is 0.0705. The number of carbonyl (C=O) groups excluding carboxylic acids is 1. The highest BCUT2D eigenvalue weighted by Gasteiger charge is 2.29. The Kier molecular flexibility index (Phi) is 4.10. The zero-order valence-corrected chi connectivity index (χ0v) is 14.1. The van der Waals surface area contributed by atoms with E-state index in [0.717, 1.165) is 56.7 Å². The van der Waals surface area contributed by atoms with E-state index in [2.05, 4.69) is 46.7 Å². The van der Waals surface area contributed by atoms with Crippen molar-refractivity contribution in [2.75, 3.05) is 19.6 Å². The van der Waals surface area contributed by atoms with Gasteiger partial charge >= 0.3 is 0 Å². The van der Waals surface area contributed by atoms with E-state index in [1.54, 1.807) is 0 Å². The Morgan fingerprint density at radius 2 is 2.12 bits per heavy atom. The van der Waals surface area contributed by atoms with Gasteiger partial charge in [0.25, 0.3) is 5.91 Å². The summed E-state index contributed by atoms with van der Waals surface area (Å²) < 4.78 is 0. The number of hydrogen-bond donors (Lipinski definition) is 2. The Morgan fingerprint density at radius 1 is 1.29 bits per heavy atom. The van der Waals surface area contributed by atoms with Crippen LogP contribution in [-0.2, 0) is 13.0 Å². The molecule has 5 nitrogen and oxygen atoms in total. The molecule has 1 aromatic carbocycles. The summed E-state index contributed by atoms with van der Waals surface area (Å²) in [6.45, 7) is 5.45. The molecule has 2 aliphatic heterocycles. The van der Waals surface area contributed by atoms with Gasteiger partial charge in [-0.05, 0) is 31.2 Å². The molecule has 1 fully saturated rings. The normalized spacial score (nSPS) is 18.5. The van der Waals surface area contributed by atoms with E-state index in [1.807, 2.05) is 4.90 Å². The molecule has 1 aromatic heterocycles. The maximum absolute atomic E-state index is 12.8. The number of H-pyrrole nitrogens is 1. The summed E-state index contributed by atoms with van der Waals surface area (Å²) in [5.41, 5.74) is 5.51. The van der Waals surface area contributed by atoms with Gasteiger partial charge in [0.15, 0.2) is 5.69 Å². The Bertz CT molecular complexity index is 744. The lowest BCUT2D eigenvalue weighted by atomic mass is 9.88. The van der Waals surface area contributed by atoms with Crippen LogP contribution in [0.4, 0.5) is 0 Å². The first-order valence-electron chi connectivity index (χ1n) is 8.85. The van der Waals surface area contributed by atoms with E-state index in [4.69, 9.17) is 0 Å². The molecule has 4 rings (SSSR count). The second kappa shape index (κ2) is 6.40. The number of nitrogens with one attached hydrogen (secondary N) is 2. The molecule has 2 aliphatic rings. The molecule has 1 saturated heterocycles. The average molecular weight is 324 g/mol. The molecule has 2 aromatic rings. The molecule has 2 N–H and O–H groups in total. The van der Waals surface area contributed by atoms with Crippen molar-refractivity contribution in [1.82, 2.24) is 20.4 Å². The number of likely N-dealkylation sites (tertiary alicyclic amines) is 1. The van der Waals surface area contributed by atoms with Gasteiger partial charge in [-0.25, -0.2) is 0 Å². The van der Waals surface area contributed by atoms with Crippen LogP contribution >= 0.6 is 0 Å². The van der Waals surface area contributed by atoms with Crippen LogP contribution in [0, 0.1) is 6.92 Å². The van der Waals surface area contributed by atoms with Gasteiger partial charge in [0.1, 0.15) is 0 Å². The summed E-state index contributed by atoms with van der Waals surface area (Å²) in [5.74, 6) is 0.641. The zero-order valence-electron chi connectivity index (χ0n) is 14.1. The topological polar surface area (TPSA) is 61.0 Å². The summed E-state index contributed by atoms with van der Waals surface area (Å²) in [5, 5.41) is 10.7. The van der Waals surface area contributed by atoms with Crippen LogP contribution in [0.25, 0.3) is 0 Å². The fraction of sp³-hybridized carbons (Fsp3) is 0.474. The predicted molar refractivity (Wildman–Crippen MR) is 93.1 cm³/mol. The molecule has 0 bridgehead atoms. The van der Waals surface area contributed by atoms with Crippen molar-refractivity contribution in [1.29, 1.82) is 0 Å². The van der Waals surface area contributed by atoms with Crippen LogP contribution < -0.4 is 5.32 Å². The van der Waals surface area contributed by atoms with Crippen LogP contribution in [0.3, 0.4) is 0 Å². The molecular weight excluding hydrogens is 300 g/mol. The molecule has 0 spiro atoms. The molecule has 0 atom stereocenters. The summed E-state index contributed by atoms with van der Waals surface area (Å²) in [6, 6.07) is 8.75. The number of aryl methyl sites for hydroxylation is 1. The number of rotatable bonds is 2. The predicted octanol–water partition coefficient (Wildman–Crippen LogP) is 2.38. The number of benzene rings is 1. The number of hydrogen-bond acceptors (Lipinski definition) is 3. The maximum atomic E-state index is 12.8. The third-order valence-electron chi connectivity index (χ3n) is 5.30. The van der Waals surface area contributed by atoms with Gasteiger partial charge in [-0.1, -0.05) is 29.8 Å². The van der Waals surface area contributed by atoms with Crippen molar-refractivity contribution in [2.24, 2.45) is 0 Å². The van der Waals surface area contributed by atoms with Crippen molar-refractivity contribution in [3.8, 4) is 0 Å². The van der Waals surface area contributed by atoms with Crippen LogP contribution in [-0.4, -0.2) is 40.6 Å². The van der Waals surface area contributed by atoms with E-state index in [0.29, 0.717) is 11.6 Å². The highest BCUT2D eigenvalue weighted by molar-refractivity contribution is 5.94. The van der Waals surface area contributed by atoms with Crippen molar-refractivity contribution in [3.63, 3.8) is 0 Å². The number of nitrogens with zero attached hydrogens (tertiary/aromatic N) is 2. The van der Waals surface area contributed by atoms with Crippen LogP contribution in [0.15, 0.2) is 24.3 Å². The third kappa shape index (κ3) is 2.84. The molecule has 126 valence electrons. The average Bonchev–Trinajstić information content (AvgIpc) is 3.05. The number of amides is 1. The first-order chi connectivity index (χ1) is 11.7. The largest absolute Gasteiger partial charge is 0.337 e. The second-order valence-corrected chi connectivity index (χ2v) is 6.94. The summed E-state index contributed by atoms with van der Waals surface area (Å²) in [7, 11) is 0. The first-order valence-corrected chi connectivity index (χ1v) is 8.85. The molecule has 0 aliphatic carbocycles. The minimum atomic E-state index is 0.0823. The van der Waals surface area contributed by atoms with Gasteiger partial charge in [-0.3, -0.25) is 9.89 Å². The number of fused-ring (bicyclic) bond motifs is 1. The Balaban J connectivity index is 1.44. The quantitative estimate of drug-likeness (QED) is 0.892. The van der Waals surface area contributed by atoms with Crippen LogP contribution in [0.5, 0.6) is 0 Å². The van der Waals surface area contributed by atoms with Gasteiger partial charge in [-0.2, -0.15) is 5.10 Å². The van der Waals surface area contributed by atoms with Crippen molar-refractivity contribution in [3.05, 3.63) is 52.3 Å². The van der Waals surface area contributed by atoms with Crippen molar-refractivity contribution >= 4 is 5.91 Å². The molecule has 5 heteroatoms. The van der Waals surface area contributed by atoms with E-state index in [-0.39, 0.29) is 5.91 Å². The number of aromatic nitrogens is 2. The zero-order chi connectivity index (χ0) is 16.5. The maximum Gasteiger partial charge on any atom is 0.274 e. The smallest absolute Gasteiger partial charge is 0.274 e. The minimum absolute atomic E-state index is 0.0823. The number of aromatic amines is 1. The highest BCUT2D eigenvalue weighted by atomic mass is 16.2. The fourth-order valence-corrected chi connectivity index (χ4v) is 3.89. The molecule has 1 amide bonds. The minimum Gasteiger partial charge on any atom is -0.337 e. The molecule has 0 unspecified atom stereocenters. The Morgan fingerprint density at radius 3 is 2.92 bits per heavy atom. The summed E-state index contributed by atoms with van der Waals surface area (Å²) >= 11 is 0. The molecule has 3 heterocycles. The van der Waals surface area contributed by atoms with E-state index < -0.39 is 0 Å². The summed E-state index contributed by atoms with van der Waals surface area (Å²) in [6.07, 6.45) is 2.98. The fourth-order valence-electron chi connectivity index (χ4n) is 3.89. The summed E-state index contributed by atoms with van der Waals surface area (Å²) in [4.78, 5) is 14.8. The third-order valence-corrected chi connectivity index (χ3v) is 5.30. The van der Waals surface area contributed by atoms with Crippen LogP contribution in [0.2, 0.25) is 0 Å². The van der Waals surface area contributed by atoms with Crippen molar-refractivity contribution < 1.29 is 4.79 Å². The van der Waals surface area contributed by atoms with E-state index >= 15 is 0 Å². The molecule has 24 heavy (non-hydrogen) atoms. The van der Waals surface area contributed by atoms with Gasteiger partial charge < -0.3 is 10.2 Å².